The van der Waals surface area contributed by atoms with E-state index in [0.29, 0.717) is 6.29 Å². The molecule has 0 unspecified atom stereocenters. The Bertz CT molecular complexity index is 347. The number of carbonyl (C=O) groups excluding carboxylic acids is 1. The summed E-state index contributed by atoms with van der Waals surface area (Å²) >= 11 is 0. The van der Waals surface area contributed by atoms with E-state index < -0.39 is 11.8 Å². The molecule has 1 N–H and O–H groups in total. The average Bonchev–Trinajstić information content (AvgIpc) is 2.08. The standard InChI is InChI=1S/C9H7FO3/c10-8-3-6(5-11)1-2-7(8)4-9(12)13/h1-3,5H,4H2,(H,12,13). The summed E-state index contributed by atoms with van der Waals surface area (Å²) in [5.41, 5.74) is 0.282. The van der Waals surface area contributed by atoms with Crippen LogP contribution in [0.25, 0.3) is 0 Å². The molecule has 4 heteroatoms. The Morgan fingerprint density at radius 2 is 2.23 bits per heavy atom. The van der Waals surface area contributed by atoms with Crippen molar-refractivity contribution in [3.05, 3.63) is 35.1 Å². The molecule has 0 radical (unpaired) electrons. The zero-order valence-electron chi connectivity index (χ0n) is 6.66. The second-order valence-electron chi connectivity index (χ2n) is 2.54. The number of benzene rings is 1. The van der Waals surface area contributed by atoms with Gasteiger partial charge in [0.05, 0.1) is 6.42 Å². The van der Waals surface area contributed by atoms with Gasteiger partial charge < -0.3 is 5.11 Å². The molecule has 0 heterocycles. The second-order valence-corrected chi connectivity index (χ2v) is 2.54. The van der Waals surface area contributed by atoms with Gasteiger partial charge in [-0.25, -0.2) is 4.39 Å². The van der Waals surface area contributed by atoms with Crippen LogP contribution in [-0.4, -0.2) is 17.4 Å². The van der Waals surface area contributed by atoms with Crippen LogP contribution in [0.4, 0.5) is 4.39 Å². The van der Waals surface area contributed by atoms with Crippen molar-refractivity contribution in [3.63, 3.8) is 0 Å². The lowest BCUT2D eigenvalue weighted by molar-refractivity contribution is -0.136. The van der Waals surface area contributed by atoms with Gasteiger partial charge in [0.2, 0.25) is 0 Å². The van der Waals surface area contributed by atoms with Crippen LogP contribution in [0.3, 0.4) is 0 Å². The average molecular weight is 182 g/mol. The van der Waals surface area contributed by atoms with Crippen molar-refractivity contribution in [1.29, 1.82) is 0 Å². The molecule has 0 bridgehead atoms. The summed E-state index contributed by atoms with van der Waals surface area (Å²) < 4.78 is 13.0. The van der Waals surface area contributed by atoms with Crippen molar-refractivity contribution >= 4 is 12.3 Å². The predicted octanol–water partition coefficient (Wildman–Crippen LogP) is 1.27. The lowest BCUT2D eigenvalue weighted by Crippen LogP contribution is -2.02. The number of carbonyl (C=O) groups is 2. The summed E-state index contributed by atoms with van der Waals surface area (Å²) in [7, 11) is 0. The highest BCUT2D eigenvalue weighted by Gasteiger charge is 2.06. The zero-order chi connectivity index (χ0) is 9.84. The number of aldehydes is 1. The lowest BCUT2D eigenvalue weighted by atomic mass is 10.1. The molecule has 0 aliphatic carbocycles. The van der Waals surface area contributed by atoms with E-state index in [9.17, 15) is 14.0 Å². The molecule has 13 heavy (non-hydrogen) atoms. The topological polar surface area (TPSA) is 54.4 Å². The Morgan fingerprint density at radius 3 is 2.69 bits per heavy atom. The van der Waals surface area contributed by atoms with Crippen LogP contribution in [0.2, 0.25) is 0 Å². The van der Waals surface area contributed by atoms with Gasteiger partial charge in [0.1, 0.15) is 12.1 Å². The molecule has 0 aromatic heterocycles. The SMILES string of the molecule is O=Cc1ccc(CC(=O)O)c(F)c1. The number of hydrogen-bond donors (Lipinski definition) is 1. The van der Waals surface area contributed by atoms with Gasteiger partial charge >= 0.3 is 5.97 Å². The summed E-state index contributed by atoms with van der Waals surface area (Å²) in [5, 5.41) is 8.38. The van der Waals surface area contributed by atoms with Crippen LogP contribution in [0.15, 0.2) is 18.2 Å². The number of halogens is 1. The molecule has 1 aromatic rings. The van der Waals surface area contributed by atoms with Crippen LogP contribution >= 0.6 is 0 Å². The minimum atomic E-state index is -1.10. The molecule has 1 rings (SSSR count). The summed E-state index contributed by atoms with van der Waals surface area (Å²) in [6.45, 7) is 0. The molecule has 0 spiro atoms. The van der Waals surface area contributed by atoms with Crippen molar-refractivity contribution < 1.29 is 19.1 Å². The molecule has 0 fully saturated rings. The van der Waals surface area contributed by atoms with Gasteiger partial charge in [-0.3, -0.25) is 9.59 Å². The van der Waals surface area contributed by atoms with Gasteiger partial charge in [0.15, 0.2) is 0 Å². The summed E-state index contributed by atoms with van der Waals surface area (Å²) in [4.78, 5) is 20.4. The highest BCUT2D eigenvalue weighted by atomic mass is 19.1. The first-order chi connectivity index (χ1) is 6.13. The third kappa shape index (κ3) is 2.37. The Balaban J connectivity index is 2.98. The Kier molecular flexibility index (Phi) is 2.74. The van der Waals surface area contributed by atoms with Gasteiger partial charge in [0, 0.05) is 5.56 Å². The number of carboxylic acid groups (broad SMARTS) is 1. The highest BCUT2D eigenvalue weighted by Crippen LogP contribution is 2.09. The number of carboxylic acids is 1. The number of rotatable bonds is 3. The van der Waals surface area contributed by atoms with Crippen LogP contribution in [0.5, 0.6) is 0 Å². The smallest absolute Gasteiger partial charge is 0.307 e. The summed E-state index contributed by atoms with van der Waals surface area (Å²) in [6, 6.07) is 3.70. The summed E-state index contributed by atoms with van der Waals surface area (Å²) in [6.07, 6.45) is 0.137. The van der Waals surface area contributed by atoms with Crippen LogP contribution in [0.1, 0.15) is 15.9 Å². The molecule has 0 saturated heterocycles. The van der Waals surface area contributed by atoms with E-state index in [4.69, 9.17) is 5.11 Å². The van der Waals surface area contributed by atoms with Crippen molar-refractivity contribution in [2.75, 3.05) is 0 Å². The molecule has 0 atom stereocenters. The molecule has 0 saturated carbocycles. The van der Waals surface area contributed by atoms with E-state index in [1.807, 2.05) is 0 Å². The molecule has 0 aliphatic rings. The minimum Gasteiger partial charge on any atom is -0.481 e. The zero-order valence-corrected chi connectivity index (χ0v) is 6.66. The van der Waals surface area contributed by atoms with Crippen molar-refractivity contribution in [2.45, 2.75) is 6.42 Å². The maximum absolute atomic E-state index is 13.0. The molecule has 3 nitrogen and oxygen atoms in total. The predicted molar refractivity (Wildman–Crippen MR) is 43.1 cm³/mol. The first-order valence-corrected chi connectivity index (χ1v) is 3.59. The third-order valence-corrected chi connectivity index (χ3v) is 1.55. The van der Waals surface area contributed by atoms with Gasteiger partial charge in [-0.05, 0) is 11.6 Å². The van der Waals surface area contributed by atoms with Crippen molar-refractivity contribution in [1.82, 2.24) is 0 Å². The molecular formula is C9H7FO3. The summed E-state index contributed by atoms with van der Waals surface area (Å²) in [5.74, 6) is -1.76. The van der Waals surface area contributed by atoms with E-state index in [-0.39, 0.29) is 17.5 Å². The van der Waals surface area contributed by atoms with E-state index in [0.717, 1.165) is 6.07 Å². The van der Waals surface area contributed by atoms with E-state index in [1.54, 1.807) is 0 Å². The van der Waals surface area contributed by atoms with Crippen molar-refractivity contribution in [3.8, 4) is 0 Å². The van der Waals surface area contributed by atoms with Gasteiger partial charge in [-0.2, -0.15) is 0 Å². The Hall–Kier alpha value is -1.71. The van der Waals surface area contributed by atoms with Gasteiger partial charge in [0.25, 0.3) is 0 Å². The molecule has 68 valence electrons. The lowest BCUT2D eigenvalue weighted by Gasteiger charge is -1.99. The largest absolute Gasteiger partial charge is 0.481 e. The van der Waals surface area contributed by atoms with E-state index >= 15 is 0 Å². The Morgan fingerprint density at radius 1 is 1.54 bits per heavy atom. The fourth-order valence-electron chi connectivity index (χ4n) is 0.943. The first-order valence-electron chi connectivity index (χ1n) is 3.59. The van der Waals surface area contributed by atoms with Gasteiger partial charge in [-0.1, -0.05) is 12.1 Å². The Labute approximate surface area is 73.8 Å². The van der Waals surface area contributed by atoms with Crippen LogP contribution in [0, 0.1) is 5.82 Å². The second kappa shape index (κ2) is 3.80. The van der Waals surface area contributed by atoms with Gasteiger partial charge in [-0.15, -0.1) is 0 Å². The maximum Gasteiger partial charge on any atom is 0.307 e. The minimum absolute atomic E-state index is 0.0816. The molecule has 0 aliphatic heterocycles. The number of aliphatic carboxylic acids is 1. The van der Waals surface area contributed by atoms with Crippen LogP contribution < -0.4 is 0 Å². The third-order valence-electron chi connectivity index (χ3n) is 1.55. The number of hydrogen-bond acceptors (Lipinski definition) is 2. The first kappa shape index (κ1) is 9.38. The van der Waals surface area contributed by atoms with E-state index in [2.05, 4.69) is 0 Å². The quantitative estimate of drug-likeness (QED) is 0.716. The highest BCUT2D eigenvalue weighted by molar-refractivity contribution is 5.75. The normalized spacial score (nSPS) is 9.62. The molecular weight excluding hydrogens is 175 g/mol. The van der Waals surface area contributed by atoms with E-state index in [1.165, 1.54) is 12.1 Å². The molecule has 0 amide bonds. The fraction of sp³-hybridized carbons (Fsp3) is 0.111. The monoisotopic (exact) mass is 182 g/mol. The maximum atomic E-state index is 13.0. The molecule has 1 aromatic carbocycles. The van der Waals surface area contributed by atoms with Crippen LogP contribution in [-0.2, 0) is 11.2 Å². The fourth-order valence-corrected chi connectivity index (χ4v) is 0.943. The van der Waals surface area contributed by atoms with Crippen molar-refractivity contribution in [2.24, 2.45) is 0 Å².